The zero-order chi connectivity index (χ0) is 20.1. The van der Waals surface area contributed by atoms with Crippen LogP contribution in [0.5, 0.6) is 0 Å². The number of anilines is 2. The molecule has 0 fully saturated rings. The normalized spacial score (nSPS) is 14.5. The summed E-state index contributed by atoms with van der Waals surface area (Å²) in [4.78, 5) is 0. The third-order valence-corrected chi connectivity index (χ3v) is 6.28. The Morgan fingerprint density at radius 3 is 2.03 bits per heavy atom. The molecule has 29 heavy (non-hydrogen) atoms. The summed E-state index contributed by atoms with van der Waals surface area (Å²) in [6.07, 6.45) is 0. The Labute approximate surface area is 179 Å². The van der Waals surface area contributed by atoms with Gasteiger partial charge in [-0.05, 0) is 63.2 Å². The molecule has 4 aromatic rings. The van der Waals surface area contributed by atoms with Crippen LogP contribution in [0.4, 0.5) is 11.4 Å². The van der Waals surface area contributed by atoms with E-state index >= 15 is 0 Å². The average Bonchev–Trinajstić information content (AvgIpc) is 3.07. The second-order valence-corrected chi connectivity index (χ2v) is 8.12. The van der Waals surface area contributed by atoms with Gasteiger partial charge in [0, 0.05) is 5.92 Å². The molecule has 0 radical (unpaired) electrons. The number of hydrogen-bond donors (Lipinski definition) is 2. The van der Waals surface area contributed by atoms with Crippen molar-refractivity contribution >= 4 is 34.6 Å². The van der Waals surface area contributed by atoms with Gasteiger partial charge >= 0.3 is 0 Å². The van der Waals surface area contributed by atoms with E-state index in [4.69, 9.17) is 34.7 Å². The maximum Gasteiger partial charge on any atom is 0.0641 e. The van der Waals surface area contributed by atoms with Crippen molar-refractivity contribution in [3.8, 4) is 22.3 Å². The summed E-state index contributed by atoms with van der Waals surface area (Å²) in [5.74, 6) is 0.0619. The van der Waals surface area contributed by atoms with Crippen molar-refractivity contribution in [1.82, 2.24) is 0 Å². The van der Waals surface area contributed by atoms with Gasteiger partial charge in [-0.3, -0.25) is 0 Å². The SMILES string of the molecule is Nc1ccc(-c2cccc3c2C(c2ccc(N)c(Cl)c2)c2ccccc2-3)cc1Cl. The fraction of sp³-hybridized carbons (Fsp3) is 0.0400. The minimum atomic E-state index is 0.0619. The number of nitrogen functional groups attached to an aromatic ring is 2. The van der Waals surface area contributed by atoms with E-state index in [0.29, 0.717) is 21.4 Å². The lowest BCUT2D eigenvalue weighted by atomic mass is 9.85. The van der Waals surface area contributed by atoms with E-state index in [1.165, 1.54) is 22.3 Å². The summed E-state index contributed by atoms with van der Waals surface area (Å²) < 4.78 is 0. The number of halogens is 2. The van der Waals surface area contributed by atoms with Gasteiger partial charge in [0.05, 0.1) is 21.4 Å². The van der Waals surface area contributed by atoms with Gasteiger partial charge in [0.15, 0.2) is 0 Å². The third-order valence-electron chi connectivity index (χ3n) is 5.63. The van der Waals surface area contributed by atoms with E-state index < -0.39 is 0 Å². The van der Waals surface area contributed by atoms with Crippen molar-refractivity contribution in [2.45, 2.75) is 5.92 Å². The second-order valence-electron chi connectivity index (χ2n) is 7.30. The van der Waals surface area contributed by atoms with Crippen molar-refractivity contribution in [2.75, 3.05) is 11.5 Å². The van der Waals surface area contributed by atoms with Crippen LogP contribution >= 0.6 is 23.2 Å². The monoisotopic (exact) mass is 416 g/mol. The van der Waals surface area contributed by atoms with Crippen molar-refractivity contribution < 1.29 is 0 Å². The van der Waals surface area contributed by atoms with Gasteiger partial charge in [-0.2, -0.15) is 0 Å². The molecule has 0 aromatic heterocycles. The molecular formula is C25H18Cl2N2. The molecule has 0 spiro atoms. The number of fused-ring (bicyclic) bond motifs is 3. The molecule has 0 heterocycles. The number of benzene rings is 4. The van der Waals surface area contributed by atoms with Gasteiger partial charge in [0.2, 0.25) is 0 Å². The van der Waals surface area contributed by atoms with Crippen LogP contribution in [0.25, 0.3) is 22.3 Å². The van der Waals surface area contributed by atoms with Crippen LogP contribution in [0.1, 0.15) is 22.6 Å². The van der Waals surface area contributed by atoms with Gasteiger partial charge in [0.25, 0.3) is 0 Å². The molecule has 4 heteroatoms. The Hall–Kier alpha value is -2.94. The summed E-state index contributed by atoms with van der Waals surface area (Å²) in [5, 5.41) is 1.13. The van der Waals surface area contributed by atoms with E-state index in [9.17, 15) is 0 Å². The first kappa shape index (κ1) is 18.1. The van der Waals surface area contributed by atoms with Gasteiger partial charge in [0.1, 0.15) is 0 Å². The molecule has 4 N–H and O–H groups in total. The fourth-order valence-electron chi connectivity index (χ4n) is 4.28. The quantitative estimate of drug-likeness (QED) is 0.304. The van der Waals surface area contributed by atoms with Gasteiger partial charge < -0.3 is 11.5 Å². The molecule has 142 valence electrons. The first-order valence-corrected chi connectivity index (χ1v) is 10.1. The predicted octanol–water partition coefficient (Wildman–Crippen LogP) is 6.99. The van der Waals surface area contributed by atoms with Crippen LogP contribution in [0.3, 0.4) is 0 Å². The van der Waals surface area contributed by atoms with E-state index in [1.807, 2.05) is 30.3 Å². The zero-order valence-corrected chi connectivity index (χ0v) is 17.0. The van der Waals surface area contributed by atoms with Crippen LogP contribution < -0.4 is 11.5 Å². The Morgan fingerprint density at radius 2 is 1.28 bits per heavy atom. The highest BCUT2D eigenvalue weighted by Crippen LogP contribution is 2.52. The molecule has 5 rings (SSSR count). The summed E-state index contributed by atoms with van der Waals surface area (Å²) in [6, 6.07) is 26.6. The highest BCUT2D eigenvalue weighted by atomic mass is 35.5. The second kappa shape index (κ2) is 6.84. The summed E-state index contributed by atoms with van der Waals surface area (Å²) >= 11 is 12.7. The molecule has 0 bridgehead atoms. The first-order valence-electron chi connectivity index (χ1n) is 9.37. The highest BCUT2D eigenvalue weighted by molar-refractivity contribution is 6.33. The standard InChI is InChI=1S/C25H18Cl2N2/c26-20-12-14(8-10-22(20)28)16-6-3-7-19-17-4-1-2-5-18(17)24(25(16)19)15-9-11-23(29)21(27)13-15/h1-13,24H,28-29H2. The Bertz CT molecular complexity index is 1260. The van der Waals surface area contributed by atoms with Crippen LogP contribution in [0.15, 0.2) is 78.9 Å². The van der Waals surface area contributed by atoms with Crippen molar-refractivity contribution in [2.24, 2.45) is 0 Å². The zero-order valence-electron chi connectivity index (χ0n) is 15.5. The van der Waals surface area contributed by atoms with Crippen LogP contribution in [0.2, 0.25) is 10.0 Å². The topological polar surface area (TPSA) is 52.0 Å². The Balaban J connectivity index is 1.80. The Morgan fingerprint density at radius 1 is 0.621 bits per heavy atom. The maximum atomic E-state index is 6.39. The van der Waals surface area contributed by atoms with Crippen molar-refractivity contribution in [3.05, 3.63) is 106 Å². The van der Waals surface area contributed by atoms with Crippen LogP contribution in [-0.2, 0) is 0 Å². The first-order chi connectivity index (χ1) is 14.0. The van der Waals surface area contributed by atoms with Crippen LogP contribution in [-0.4, -0.2) is 0 Å². The van der Waals surface area contributed by atoms with Gasteiger partial charge in [-0.15, -0.1) is 0 Å². The summed E-state index contributed by atoms with van der Waals surface area (Å²) in [6.45, 7) is 0. The number of nitrogens with two attached hydrogens (primary N) is 2. The molecule has 2 nitrogen and oxygen atoms in total. The van der Waals surface area contributed by atoms with Crippen molar-refractivity contribution in [3.63, 3.8) is 0 Å². The molecule has 1 aliphatic rings. The molecule has 1 aliphatic carbocycles. The predicted molar refractivity (Wildman–Crippen MR) is 124 cm³/mol. The number of rotatable bonds is 2. The lowest BCUT2D eigenvalue weighted by molar-refractivity contribution is 1.02. The smallest absolute Gasteiger partial charge is 0.0641 e. The van der Waals surface area contributed by atoms with Crippen molar-refractivity contribution in [1.29, 1.82) is 0 Å². The summed E-state index contributed by atoms with van der Waals surface area (Å²) in [5.41, 5.74) is 21.3. The summed E-state index contributed by atoms with van der Waals surface area (Å²) in [7, 11) is 0. The van der Waals surface area contributed by atoms with E-state index in [1.54, 1.807) is 0 Å². The molecular weight excluding hydrogens is 399 g/mol. The molecule has 1 unspecified atom stereocenters. The minimum Gasteiger partial charge on any atom is -0.398 e. The molecule has 1 atom stereocenters. The lowest BCUT2D eigenvalue weighted by Crippen LogP contribution is -2.02. The van der Waals surface area contributed by atoms with Gasteiger partial charge in [-0.25, -0.2) is 0 Å². The molecule has 0 saturated heterocycles. The fourth-order valence-corrected chi connectivity index (χ4v) is 4.65. The molecule has 0 saturated carbocycles. The largest absolute Gasteiger partial charge is 0.398 e. The van der Waals surface area contributed by atoms with E-state index in [2.05, 4.69) is 48.5 Å². The lowest BCUT2D eigenvalue weighted by Gasteiger charge is -2.19. The third kappa shape index (κ3) is 2.88. The maximum absolute atomic E-state index is 6.39. The molecule has 0 amide bonds. The molecule has 0 aliphatic heterocycles. The van der Waals surface area contributed by atoms with Gasteiger partial charge in [-0.1, -0.05) is 77.8 Å². The number of hydrogen-bond acceptors (Lipinski definition) is 2. The molecule has 4 aromatic carbocycles. The highest BCUT2D eigenvalue weighted by Gasteiger charge is 2.32. The van der Waals surface area contributed by atoms with E-state index in [0.717, 1.165) is 16.7 Å². The Kier molecular flexibility index (Phi) is 4.27. The average molecular weight is 417 g/mol. The minimum absolute atomic E-state index is 0.0619. The van der Waals surface area contributed by atoms with Crippen LogP contribution in [0, 0.1) is 0 Å². The van der Waals surface area contributed by atoms with E-state index in [-0.39, 0.29) is 5.92 Å².